The number of alkyl halides is 1. The number of phenolic OH excluding ortho intramolecular Hbond substituents is 1. The summed E-state index contributed by atoms with van der Waals surface area (Å²) in [5.74, 6) is 0.431. The second-order valence-electron chi connectivity index (χ2n) is 2.80. The number of halogens is 1. The summed E-state index contributed by atoms with van der Waals surface area (Å²) in [5, 5.41) is 9.53. The molecule has 0 fully saturated rings. The topological polar surface area (TPSA) is 37.3 Å². The van der Waals surface area contributed by atoms with Crippen molar-refractivity contribution in [2.75, 3.05) is 0 Å². The van der Waals surface area contributed by atoms with E-state index in [-0.39, 0.29) is 5.75 Å². The van der Waals surface area contributed by atoms with Crippen molar-refractivity contribution in [3.63, 3.8) is 0 Å². The molecule has 0 heterocycles. The third kappa shape index (κ3) is 2.01. The normalized spacial score (nSPS) is 10.0. The standard InChI is InChI=1S/C10H11ClO2/c1-2-8-3-7(5-11)4-9(6-12)10(8)13/h3-4,6,13H,2,5H2,1H3. The van der Waals surface area contributed by atoms with Gasteiger partial charge in [-0.1, -0.05) is 13.0 Å². The lowest BCUT2D eigenvalue weighted by atomic mass is 10.0. The van der Waals surface area contributed by atoms with Gasteiger partial charge in [-0.3, -0.25) is 4.79 Å². The van der Waals surface area contributed by atoms with Crippen molar-refractivity contribution in [2.45, 2.75) is 19.2 Å². The number of rotatable bonds is 3. The van der Waals surface area contributed by atoms with Crippen LogP contribution >= 0.6 is 11.6 Å². The molecule has 13 heavy (non-hydrogen) atoms. The van der Waals surface area contributed by atoms with Crippen LogP contribution in [0, 0.1) is 0 Å². The molecule has 1 aromatic carbocycles. The van der Waals surface area contributed by atoms with Gasteiger partial charge in [0, 0.05) is 5.88 Å². The molecule has 70 valence electrons. The van der Waals surface area contributed by atoms with Crippen LogP contribution in [0.5, 0.6) is 5.75 Å². The Morgan fingerprint density at radius 2 is 2.23 bits per heavy atom. The summed E-state index contributed by atoms with van der Waals surface area (Å²) in [7, 11) is 0. The minimum Gasteiger partial charge on any atom is -0.507 e. The first kappa shape index (κ1) is 10.1. The molecular weight excluding hydrogens is 188 g/mol. The molecule has 0 saturated heterocycles. The van der Waals surface area contributed by atoms with E-state index in [1.165, 1.54) is 0 Å². The van der Waals surface area contributed by atoms with Crippen LogP contribution in [0.25, 0.3) is 0 Å². The molecule has 0 amide bonds. The molecule has 0 aliphatic rings. The molecule has 0 saturated carbocycles. The Morgan fingerprint density at radius 1 is 1.54 bits per heavy atom. The number of phenols is 1. The lowest BCUT2D eigenvalue weighted by Gasteiger charge is -2.06. The Morgan fingerprint density at radius 3 is 2.69 bits per heavy atom. The van der Waals surface area contributed by atoms with E-state index in [4.69, 9.17) is 11.6 Å². The van der Waals surface area contributed by atoms with Crippen molar-refractivity contribution in [3.05, 3.63) is 28.8 Å². The van der Waals surface area contributed by atoms with E-state index in [1.807, 2.05) is 13.0 Å². The van der Waals surface area contributed by atoms with Gasteiger partial charge in [-0.05, 0) is 23.6 Å². The van der Waals surface area contributed by atoms with Gasteiger partial charge in [0.15, 0.2) is 6.29 Å². The molecule has 0 aliphatic carbocycles. The first-order chi connectivity index (χ1) is 6.22. The molecule has 0 unspecified atom stereocenters. The zero-order valence-corrected chi connectivity index (χ0v) is 8.14. The number of aryl methyl sites for hydroxylation is 1. The van der Waals surface area contributed by atoms with Crippen molar-refractivity contribution >= 4 is 17.9 Å². The maximum atomic E-state index is 10.6. The zero-order chi connectivity index (χ0) is 9.84. The van der Waals surface area contributed by atoms with Gasteiger partial charge in [0.05, 0.1) is 5.56 Å². The number of aldehydes is 1. The molecule has 1 N–H and O–H groups in total. The smallest absolute Gasteiger partial charge is 0.153 e. The minimum absolute atomic E-state index is 0.0753. The lowest BCUT2D eigenvalue weighted by molar-refractivity contribution is 0.112. The van der Waals surface area contributed by atoms with Gasteiger partial charge in [-0.25, -0.2) is 0 Å². The minimum atomic E-state index is 0.0753. The molecule has 0 radical (unpaired) electrons. The Bertz CT molecular complexity index is 321. The van der Waals surface area contributed by atoms with Crippen LogP contribution in [0.2, 0.25) is 0 Å². The highest BCUT2D eigenvalue weighted by Crippen LogP contribution is 2.24. The van der Waals surface area contributed by atoms with Gasteiger partial charge >= 0.3 is 0 Å². The zero-order valence-electron chi connectivity index (χ0n) is 7.38. The molecule has 3 heteroatoms. The fourth-order valence-electron chi connectivity index (χ4n) is 1.22. The third-order valence-electron chi connectivity index (χ3n) is 1.94. The Balaban J connectivity index is 3.28. The van der Waals surface area contributed by atoms with Crippen molar-refractivity contribution in [2.24, 2.45) is 0 Å². The van der Waals surface area contributed by atoms with E-state index in [2.05, 4.69) is 0 Å². The van der Waals surface area contributed by atoms with Crippen LogP contribution in [0.3, 0.4) is 0 Å². The van der Waals surface area contributed by atoms with Gasteiger partial charge in [-0.2, -0.15) is 0 Å². The van der Waals surface area contributed by atoms with Crippen molar-refractivity contribution < 1.29 is 9.90 Å². The van der Waals surface area contributed by atoms with Gasteiger partial charge < -0.3 is 5.11 Å². The summed E-state index contributed by atoms with van der Waals surface area (Å²) in [6.45, 7) is 1.92. The highest BCUT2D eigenvalue weighted by Gasteiger charge is 2.07. The third-order valence-corrected chi connectivity index (χ3v) is 2.25. The average Bonchev–Trinajstić information content (AvgIpc) is 2.18. The summed E-state index contributed by atoms with van der Waals surface area (Å²) < 4.78 is 0. The molecule has 2 nitrogen and oxygen atoms in total. The molecule has 1 rings (SSSR count). The second-order valence-corrected chi connectivity index (χ2v) is 3.07. The van der Waals surface area contributed by atoms with Crippen molar-refractivity contribution in [1.82, 2.24) is 0 Å². The van der Waals surface area contributed by atoms with Crippen LogP contribution in [-0.2, 0) is 12.3 Å². The lowest BCUT2D eigenvalue weighted by Crippen LogP contribution is -1.91. The fraction of sp³-hybridized carbons (Fsp3) is 0.300. The van der Waals surface area contributed by atoms with E-state index < -0.39 is 0 Å². The monoisotopic (exact) mass is 198 g/mol. The second kappa shape index (κ2) is 4.28. The maximum Gasteiger partial charge on any atom is 0.153 e. The van der Waals surface area contributed by atoms with Crippen LogP contribution < -0.4 is 0 Å². The van der Waals surface area contributed by atoms with Crippen molar-refractivity contribution in [1.29, 1.82) is 0 Å². The van der Waals surface area contributed by atoms with Gasteiger partial charge in [0.2, 0.25) is 0 Å². The summed E-state index contributed by atoms with van der Waals surface area (Å²) in [6, 6.07) is 3.42. The summed E-state index contributed by atoms with van der Waals surface area (Å²) in [6.07, 6.45) is 1.34. The summed E-state index contributed by atoms with van der Waals surface area (Å²) >= 11 is 5.64. The van der Waals surface area contributed by atoms with Gasteiger partial charge in [0.25, 0.3) is 0 Å². The number of hydrogen-bond acceptors (Lipinski definition) is 2. The maximum absolute atomic E-state index is 10.6. The molecule has 0 bridgehead atoms. The average molecular weight is 199 g/mol. The SMILES string of the molecule is CCc1cc(CCl)cc(C=O)c1O. The Kier molecular flexibility index (Phi) is 3.32. The Hall–Kier alpha value is -1.02. The number of benzene rings is 1. The van der Waals surface area contributed by atoms with Crippen LogP contribution in [0.15, 0.2) is 12.1 Å². The van der Waals surface area contributed by atoms with Crippen molar-refractivity contribution in [3.8, 4) is 5.75 Å². The summed E-state index contributed by atoms with van der Waals surface area (Å²) in [4.78, 5) is 10.6. The van der Waals surface area contributed by atoms with Gasteiger partial charge in [-0.15, -0.1) is 11.6 Å². The number of aromatic hydroxyl groups is 1. The van der Waals surface area contributed by atoms with Crippen LogP contribution in [0.1, 0.15) is 28.4 Å². The quantitative estimate of drug-likeness (QED) is 0.599. The first-order valence-electron chi connectivity index (χ1n) is 4.08. The predicted octanol–water partition coefficient (Wildman–Crippen LogP) is 2.51. The van der Waals surface area contributed by atoms with E-state index >= 15 is 0 Å². The molecular formula is C10H11ClO2. The van der Waals surface area contributed by atoms with E-state index in [0.717, 1.165) is 11.1 Å². The van der Waals surface area contributed by atoms with Crippen LogP contribution in [-0.4, -0.2) is 11.4 Å². The summed E-state index contributed by atoms with van der Waals surface area (Å²) in [5.41, 5.74) is 1.94. The van der Waals surface area contributed by atoms with E-state index in [1.54, 1.807) is 6.07 Å². The Labute approximate surface area is 82.2 Å². The van der Waals surface area contributed by atoms with Crippen LogP contribution in [0.4, 0.5) is 0 Å². The fourth-order valence-corrected chi connectivity index (χ4v) is 1.38. The number of carbonyl (C=O) groups excluding carboxylic acids is 1. The molecule has 0 spiro atoms. The predicted molar refractivity (Wildman–Crippen MR) is 52.4 cm³/mol. The van der Waals surface area contributed by atoms with Gasteiger partial charge in [0.1, 0.15) is 5.75 Å². The van der Waals surface area contributed by atoms with E-state index in [0.29, 0.717) is 24.2 Å². The highest BCUT2D eigenvalue weighted by atomic mass is 35.5. The molecule has 0 atom stereocenters. The largest absolute Gasteiger partial charge is 0.507 e. The highest BCUT2D eigenvalue weighted by molar-refractivity contribution is 6.17. The molecule has 0 aliphatic heterocycles. The number of carbonyl (C=O) groups is 1. The molecule has 0 aromatic heterocycles. The van der Waals surface area contributed by atoms with E-state index in [9.17, 15) is 9.90 Å². The molecule has 1 aromatic rings. The number of hydrogen-bond donors (Lipinski definition) is 1. The first-order valence-corrected chi connectivity index (χ1v) is 4.62.